The Bertz CT molecular complexity index is 375. The van der Waals surface area contributed by atoms with Crippen LogP contribution in [0.2, 0.25) is 0 Å². The van der Waals surface area contributed by atoms with Crippen molar-refractivity contribution in [1.29, 1.82) is 0 Å². The predicted octanol–water partition coefficient (Wildman–Crippen LogP) is 2.35. The summed E-state index contributed by atoms with van der Waals surface area (Å²) in [6.07, 6.45) is 1.71. The molecule has 0 spiro atoms. The summed E-state index contributed by atoms with van der Waals surface area (Å²) in [5.41, 5.74) is 1.36. The normalized spacial score (nSPS) is 29.4. The monoisotopic (exact) mass is 182 g/mol. The summed E-state index contributed by atoms with van der Waals surface area (Å²) in [7, 11) is 0. The van der Waals surface area contributed by atoms with Crippen molar-refractivity contribution in [3.8, 4) is 0 Å². The minimum atomic E-state index is -0.507. The highest BCUT2D eigenvalue weighted by molar-refractivity contribution is 5.37. The molecule has 0 aromatic heterocycles. The molecule has 0 unspecified atom stereocenters. The van der Waals surface area contributed by atoms with Gasteiger partial charge in [-0.15, -0.1) is 0 Å². The van der Waals surface area contributed by atoms with Crippen molar-refractivity contribution in [2.45, 2.75) is 25.0 Å². The Labute approximate surface area is 74.3 Å². The molecule has 1 aliphatic carbocycles. The van der Waals surface area contributed by atoms with E-state index in [1.54, 1.807) is 0 Å². The average molecular weight is 182 g/mol. The van der Waals surface area contributed by atoms with Crippen LogP contribution in [0.3, 0.4) is 0 Å². The van der Waals surface area contributed by atoms with Crippen LogP contribution < -0.4 is 0 Å². The van der Waals surface area contributed by atoms with Crippen LogP contribution in [0.25, 0.3) is 0 Å². The van der Waals surface area contributed by atoms with E-state index in [4.69, 9.17) is 4.74 Å². The molecular weight excluding hydrogens is 174 g/mol. The van der Waals surface area contributed by atoms with Gasteiger partial charge in [-0.1, -0.05) is 0 Å². The minimum Gasteiger partial charge on any atom is -0.364 e. The Hall–Kier alpha value is -0.960. The zero-order valence-corrected chi connectivity index (χ0v) is 6.89. The van der Waals surface area contributed by atoms with Crippen LogP contribution in [-0.2, 0) is 11.2 Å². The molecule has 0 radical (unpaired) electrons. The number of halogens is 2. The summed E-state index contributed by atoms with van der Waals surface area (Å²) in [6, 6.07) is 2.34. The first kappa shape index (κ1) is 7.44. The fourth-order valence-corrected chi connectivity index (χ4v) is 2.06. The van der Waals surface area contributed by atoms with Crippen molar-refractivity contribution < 1.29 is 13.5 Å². The van der Waals surface area contributed by atoms with Crippen LogP contribution in [0.1, 0.15) is 23.7 Å². The minimum absolute atomic E-state index is 0.0334. The molecule has 1 nitrogen and oxygen atoms in total. The predicted molar refractivity (Wildman–Crippen MR) is 42.3 cm³/mol. The Morgan fingerprint density at radius 1 is 1.31 bits per heavy atom. The zero-order chi connectivity index (χ0) is 9.00. The van der Waals surface area contributed by atoms with Crippen LogP contribution in [0, 0.1) is 11.6 Å². The van der Waals surface area contributed by atoms with E-state index in [0.29, 0.717) is 17.5 Å². The Balaban J connectivity index is 2.19. The summed E-state index contributed by atoms with van der Waals surface area (Å²) in [4.78, 5) is 0. The van der Waals surface area contributed by atoms with Gasteiger partial charge in [-0.3, -0.25) is 0 Å². The van der Waals surface area contributed by atoms with Crippen LogP contribution in [-0.4, -0.2) is 6.10 Å². The van der Waals surface area contributed by atoms with Crippen molar-refractivity contribution >= 4 is 0 Å². The number of rotatable bonds is 0. The lowest BCUT2D eigenvalue weighted by Gasteiger charge is -2.12. The van der Waals surface area contributed by atoms with Gasteiger partial charge in [0.2, 0.25) is 0 Å². The van der Waals surface area contributed by atoms with Crippen molar-refractivity contribution in [1.82, 2.24) is 0 Å². The molecule has 13 heavy (non-hydrogen) atoms. The molecule has 2 aliphatic rings. The molecule has 68 valence electrons. The summed E-state index contributed by atoms with van der Waals surface area (Å²) in [5, 5.41) is 0. The van der Waals surface area contributed by atoms with Crippen molar-refractivity contribution in [2.24, 2.45) is 0 Å². The van der Waals surface area contributed by atoms with Gasteiger partial charge >= 0.3 is 0 Å². The molecule has 0 N–H and O–H groups in total. The highest BCUT2D eigenvalue weighted by Crippen LogP contribution is 2.47. The molecule has 1 aromatic carbocycles. The smallest absolute Gasteiger partial charge is 0.129 e. The second-order valence-corrected chi connectivity index (χ2v) is 3.59. The molecule has 1 saturated heterocycles. The van der Waals surface area contributed by atoms with Crippen LogP contribution in [0.4, 0.5) is 8.78 Å². The SMILES string of the molecule is Fc1cc(F)c2c(c1)[C@@H]1O[C@H]1CC2. The molecule has 0 amide bonds. The number of hydrogen-bond donors (Lipinski definition) is 0. The molecule has 1 aromatic rings. The molecule has 3 rings (SSSR count). The molecular formula is C10H8F2O. The lowest BCUT2D eigenvalue weighted by atomic mass is 9.91. The van der Waals surface area contributed by atoms with Crippen molar-refractivity contribution in [3.63, 3.8) is 0 Å². The number of hydrogen-bond acceptors (Lipinski definition) is 1. The summed E-state index contributed by atoms with van der Waals surface area (Å²) >= 11 is 0. The summed E-state index contributed by atoms with van der Waals surface area (Å²) < 4.78 is 31.4. The topological polar surface area (TPSA) is 12.5 Å². The average Bonchev–Trinajstić information content (AvgIpc) is 2.82. The van der Waals surface area contributed by atoms with Crippen LogP contribution in [0.5, 0.6) is 0 Å². The van der Waals surface area contributed by atoms with Gasteiger partial charge in [-0.25, -0.2) is 8.78 Å². The van der Waals surface area contributed by atoms with Gasteiger partial charge in [0, 0.05) is 6.07 Å². The quantitative estimate of drug-likeness (QED) is 0.561. The van der Waals surface area contributed by atoms with Gasteiger partial charge in [0.1, 0.15) is 17.7 Å². The maximum absolute atomic E-state index is 13.2. The summed E-state index contributed by atoms with van der Waals surface area (Å²) in [5.74, 6) is -0.934. The molecule has 0 bridgehead atoms. The van der Waals surface area contributed by atoms with Crippen molar-refractivity contribution in [2.75, 3.05) is 0 Å². The van der Waals surface area contributed by atoms with Gasteiger partial charge in [-0.05, 0) is 30.0 Å². The van der Waals surface area contributed by atoms with E-state index in [1.165, 1.54) is 6.07 Å². The molecule has 0 saturated carbocycles. The van der Waals surface area contributed by atoms with E-state index in [2.05, 4.69) is 0 Å². The molecule has 3 heteroatoms. The molecule has 1 heterocycles. The van der Waals surface area contributed by atoms with E-state index in [0.717, 1.165) is 12.5 Å². The number of fused-ring (bicyclic) bond motifs is 3. The standard InChI is InChI=1S/C10H8F2O/c11-5-3-7-6(8(12)4-5)1-2-9-10(7)13-9/h3-4,9-10H,1-2H2/t9-,10-/m0/s1. The third-order valence-corrected chi connectivity index (χ3v) is 2.76. The van der Waals surface area contributed by atoms with Gasteiger partial charge in [0.25, 0.3) is 0 Å². The Morgan fingerprint density at radius 3 is 3.00 bits per heavy atom. The fourth-order valence-electron chi connectivity index (χ4n) is 2.06. The zero-order valence-electron chi connectivity index (χ0n) is 6.89. The molecule has 1 aliphatic heterocycles. The number of benzene rings is 1. The largest absolute Gasteiger partial charge is 0.364 e. The second-order valence-electron chi connectivity index (χ2n) is 3.59. The highest BCUT2D eigenvalue weighted by Gasteiger charge is 2.45. The second kappa shape index (κ2) is 2.29. The maximum atomic E-state index is 13.2. The first-order valence-corrected chi connectivity index (χ1v) is 4.39. The maximum Gasteiger partial charge on any atom is 0.129 e. The van der Waals surface area contributed by atoms with Crippen molar-refractivity contribution in [3.05, 3.63) is 34.9 Å². The van der Waals surface area contributed by atoms with E-state index in [1.807, 2.05) is 0 Å². The van der Waals surface area contributed by atoms with Crippen LogP contribution in [0.15, 0.2) is 12.1 Å². The molecule has 2 atom stereocenters. The number of ether oxygens (including phenoxy) is 1. The Kier molecular flexibility index (Phi) is 1.31. The van der Waals surface area contributed by atoms with E-state index in [9.17, 15) is 8.78 Å². The summed E-state index contributed by atoms with van der Waals surface area (Å²) in [6.45, 7) is 0. The third-order valence-electron chi connectivity index (χ3n) is 2.76. The Morgan fingerprint density at radius 2 is 2.15 bits per heavy atom. The lowest BCUT2D eigenvalue weighted by molar-refractivity contribution is 0.372. The van der Waals surface area contributed by atoms with Gasteiger partial charge in [0.05, 0.1) is 6.10 Å². The fraction of sp³-hybridized carbons (Fsp3) is 0.400. The van der Waals surface area contributed by atoms with E-state index in [-0.39, 0.29) is 12.2 Å². The highest BCUT2D eigenvalue weighted by atomic mass is 19.1. The van der Waals surface area contributed by atoms with E-state index < -0.39 is 11.6 Å². The van der Waals surface area contributed by atoms with Gasteiger partial charge in [0.15, 0.2) is 0 Å². The number of epoxide rings is 1. The van der Waals surface area contributed by atoms with Crippen LogP contribution >= 0.6 is 0 Å². The third kappa shape index (κ3) is 1.000. The van der Waals surface area contributed by atoms with Gasteiger partial charge < -0.3 is 4.74 Å². The van der Waals surface area contributed by atoms with E-state index >= 15 is 0 Å². The van der Waals surface area contributed by atoms with Gasteiger partial charge in [-0.2, -0.15) is 0 Å². The lowest BCUT2D eigenvalue weighted by Crippen LogP contribution is -2.07. The molecule has 1 fully saturated rings. The first-order chi connectivity index (χ1) is 6.25. The first-order valence-electron chi connectivity index (χ1n) is 4.39.